The number of carbonyl (C=O) groups is 1. The first kappa shape index (κ1) is 21.0. The quantitative estimate of drug-likeness (QED) is 0.343. The summed E-state index contributed by atoms with van der Waals surface area (Å²) in [5.41, 5.74) is 1.70. The van der Waals surface area contributed by atoms with Gasteiger partial charge < -0.3 is 20.9 Å². The van der Waals surface area contributed by atoms with Gasteiger partial charge in [-0.15, -0.1) is 0 Å². The summed E-state index contributed by atoms with van der Waals surface area (Å²) < 4.78 is 0. The molecule has 140 valence electrons. The van der Waals surface area contributed by atoms with Crippen LogP contribution in [0, 0.1) is 0 Å². The molecule has 0 heterocycles. The fraction of sp³-hybridized carbons (Fsp3) is 0.579. The van der Waals surface area contributed by atoms with Crippen LogP contribution in [0.5, 0.6) is 0 Å². The Morgan fingerprint density at radius 3 is 2.60 bits per heavy atom. The molecular weight excluding hydrogens is 314 g/mol. The van der Waals surface area contributed by atoms with E-state index in [0.29, 0.717) is 18.7 Å². The van der Waals surface area contributed by atoms with E-state index in [2.05, 4.69) is 34.8 Å². The molecule has 0 atom stereocenters. The lowest BCUT2D eigenvalue weighted by molar-refractivity contribution is 0.0951. The molecule has 6 nitrogen and oxygen atoms in total. The minimum absolute atomic E-state index is 0.0411. The van der Waals surface area contributed by atoms with Gasteiger partial charge in [-0.3, -0.25) is 4.79 Å². The highest BCUT2D eigenvalue weighted by Gasteiger charge is 2.06. The lowest BCUT2D eigenvalue weighted by Crippen LogP contribution is -2.37. The van der Waals surface area contributed by atoms with Crippen LogP contribution in [0.15, 0.2) is 29.3 Å². The largest absolute Gasteiger partial charge is 0.357 e. The van der Waals surface area contributed by atoms with Crippen LogP contribution in [0.25, 0.3) is 0 Å². The Bertz CT molecular complexity index is 542. The van der Waals surface area contributed by atoms with Gasteiger partial charge in [0, 0.05) is 31.7 Å². The highest BCUT2D eigenvalue weighted by molar-refractivity contribution is 5.94. The molecule has 1 aromatic carbocycles. The zero-order valence-electron chi connectivity index (χ0n) is 16.1. The van der Waals surface area contributed by atoms with Crippen LogP contribution in [0.1, 0.15) is 42.6 Å². The summed E-state index contributed by atoms with van der Waals surface area (Å²) in [5, 5.41) is 9.50. The molecule has 3 N–H and O–H groups in total. The Labute approximate surface area is 152 Å². The van der Waals surface area contributed by atoms with Crippen molar-refractivity contribution in [1.82, 2.24) is 20.9 Å². The number of aliphatic imine (C=N–C) groups is 1. The van der Waals surface area contributed by atoms with Crippen molar-refractivity contribution >= 4 is 11.9 Å². The molecule has 0 fully saturated rings. The normalized spacial score (nSPS) is 11.5. The number of amides is 1. The fourth-order valence-corrected chi connectivity index (χ4v) is 2.20. The summed E-state index contributed by atoms with van der Waals surface area (Å²) in [4.78, 5) is 18.8. The van der Waals surface area contributed by atoms with Gasteiger partial charge in [-0.25, -0.2) is 4.99 Å². The van der Waals surface area contributed by atoms with E-state index in [1.54, 1.807) is 0 Å². The second-order valence-corrected chi connectivity index (χ2v) is 6.24. The molecule has 0 bridgehead atoms. The van der Waals surface area contributed by atoms with Gasteiger partial charge in [0.05, 0.1) is 6.54 Å². The number of nitrogens with zero attached hydrogens (tertiary/aromatic N) is 2. The third kappa shape index (κ3) is 9.10. The Hall–Kier alpha value is -2.08. The summed E-state index contributed by atoms with van der Waals surface area (Å²) in [6.45, 7) is 7.96. The molecule has 25 heavy (non-hydrogen) atoms. The van der Waals surface area contributed by atoms with Gasteiger partial charge in [-0.2, -0.15) is 0 Å². The Kier molecular flexibility index (Phi) is 10.3. The number of carbonyl (C=O) groups excluding carboxylic acids is 1. The molecule has 0 saturated carbocycles. The molecule has 0 spiro atoms. The molecule has 0 aromatic heterocycles. The smallest absolute Gasteiger partial charge is 0.251 e. The van der Waals surface area contributed by atoms with Crippen molar-refractivity contribution in [2.24, 2.45) is 4.99 Å². The van der Waals surface area contributed by atoms with Crippen molar-refractivity contribution in [3.63, 3.8) is 0 Å². The summed E-state index contributed by atoms with van der Waals surface area (Å²) in [5.74, 6) is 0.775. The van der Waals surface area contributed by atoms with Gasteiger partial charge in [0.25, 0.3) is 5.91 Å². The molecule has 0 aliphatic carbocycles. The summed E-state index contributed by atoms with van der Waals surface area (Å²) in [7, 11) is 3.97. The maximum absolute atomic E-state index is 12.2. The third-order valence-electron chi connectivity index (χ3n) is 3.62. The predicted molar refractivity (Wildman–Crippen MR) is 105 cm³/mol. The van der Waals surface area contributed by atoms with Crippen molar-refractivity contribution in [1.29, 1.82) is 0 Å². The molecule has 0 unspecified atom stereocenters. The van der Waals surface area contributed by atoms with Gasteiger partial charge in [-0.1, -0.05) is 25.5 Å². The monoisotopic (exact) mass is 347 g/mol. The number of rotatable bonds is 10. The second kappa shape index (κ2) is 12.3. The highest BCUT2D eigenvalue weighted by atomic mass is 16.1. The van der Waals surface area contributed by atoms with Crippen molar-refractivity contribution in [2.45, 2.75) is 33.2 Å². The van der Waals surface area contributed by atoms with E-state index in [0.717, 1.165) is 44.0 Å². The minimum atomic E-state index is -0.0411. The first-order valence-electron chi connectivity index (χ1n) is 9.10. The number of benzene rings is 1. The molecule has 1 amide bonds. The summed E-state index contributed by atoms with van der Waals surface area (Å²) in [6.07, 6.45) is 2.27. The average Bonchev–Trinajstić information content (AvgIpc) is 2.59. The summed E-state index contributed by atoms with van der Waals surface area (Å²) >= 11 is 0. The molecule has 1 rings (SSSR count). The third-order valence-corrected chi connectivity index (χ3v) is 3.62. The highest BCUT2D eigenvalue weighted by Crippen LogP contribution is 2.06. The topological polar surface area (TPSA) is 68.8 Å². The van der Waals surface area contributed by atoms with E-state index in [1.807, 2.05) is 43.3 Å². The number of unbranched alkanes of at least 4 members (excludes halogenated alkanes) is 1. The van der Waals surface area contributed by atoms with Crippen LogP contribution >= 0.6 is 0 Å². The van der Waals surface area contributed by atoms with Crippen LogP contribution in [-0.2, 0) is 6.54 Å². The predicted octanol–water partition coefficient (Wildman–Crippen LogP) is 1.83. The van der Waals surface area contributed by atoms with E-state index in [4.69, 9.17) is 0 Å². The van der Waals surface area contributed by atoms with Gasteiger partial charge in [-0.05, 0) is 45.1 Å². The van der Waals surface area contributed by atoms with E-state index in [-0.39, 0.29) is 5.91 Å². The van der Waals surface area contributed by atoms with Crippen LogP contribution in [0.4, 0.5) is 0 Å². The first-order chi connectivity index (χ1) is 12.1. The molecular formula is C19H33N5O. The van der Waals surface area contributed by atoms with Crippen LogP contribution in [0.3, 0.4) is 0 Å². The standard InChI is InChI=1S/C19H33N5O/c1-5-7-11-22-19(20-6-2)23-15-16-9-8-10-17(14-16)18(25)21-12-13-24(3)4/h8-10,14H,5-7,11-13,15H2,1-4H3,(H,21,25)(H2,20,22,23). The van der Waals surface area contributed by atoms with Gasteiger partial charge in [0.2, 0.25) is 0 Å². The maximum Gasteiger partial charge on any atom is 0.251 e. The van der Waals surface area contributed by atoms with Crippen LogP contribution in [-0.4, -0.2) is 57.0 Å². The van der Waals surface area contributed by atoms with E-state index >= 15 is 0 Å². The van der Waals surface area contributed by atoms with Crippen molar-refractivity contribution in [2.75, 3.05) is 40.3 Å². The molecule has 0 aliphatic heterocycles. The molecule has 0 radical (unpaired) electrons. The van der Waals surface area contributed by atoms with E-state index < -0.39 is 0 Å². The molecule has 0 saturated heterocycles. The molecule has 6 heteroatoms. The van der Waals surface area contributed by atoms with Gasteiger partial charge >= 0.3 is 0 Å². The van der Waals surface area contributed by atoms with Gasteiger partial charge in [0.15, 0.2) is 5.96 Å². The Morgan fingerprint density at radius 2 is 1.92 bits per heavy atom. The minimum Gasteiger partial charge on any atom is -0.357 e. The maximum atomic E-state index is 12.2. The summed E-state index contributed by atoms with van der Waals surface area (Å²) in [6, 6.07) is 7.64. The fourth-order valence-electron chi connectivity index (χ4n) is 2.20. The van der Waals surface area contributed by atoms with Gasteiger partial charge in [0.1, 0.15) is 0 Å². The lowest BCUT2D eigenvalue weighted by atomic mass is 10.1. The number of hydrogen-bond acceptors (Lipinski definition) is 3. The lowest BCUT2D eigenvalue weighted by Gasteiger charge is -2.12. The number of nitrogens with one attached hydrogen (secondary N) is 3. The van der Waals surface area contributed by atoms with Crippen molar-refractivity contribution in [3.8, 4) is 0 Å². The van der Waals surface area contributed by atoms with Crippen molar-refractivity contribution < 1.29 is 4.79 Å². The number of guanidine groups is 1. The Balaban J connectivity index is 2.63. The Morgan fingerprint density at radius 1 is 1.12 bits per heavy atom. The SMILES string of the molecule is CCCCNC(=NCc1cccc(C(=O)NCCN(C)C)c1)NCC. The zero-order valence-corrected chi connectivity index (χ0v) is 16.1. The van der Waals surface area contributed by atoms with Crippen LogP contribution in [0.2, 0.25) is 0 Å². The first-order valence-corrected chi connectivity index (χ1v) is 9.10. The molecule has 1 aromatic rings. The van der Waals surface area contributed by atoms with Crippen LogP contribution < -0.4 is 16.0 Å². The number of likely N-dealkylation sites (N-methyl/N-ethyl adjacent to an activating group) is 1. The van der Waals surface area contributed by atoms with Crippen molar-refractivity contribution in [3.05, 3.63) is 35.4 Å². The number of hydrogen-bond donors (Lipinski definition) is 3. The van der Waals surface area contributed by atoms with E-state index in [9.17, 15) is 4.79 Å². The molecule has 0 aliphatic rings. The van der Waals surface area contributed by atoms with E-state index in [1.165, 1.54) is 0 Å². The second-order valence-electron chi connectivity index (χ2n) is 6.24. The zero-order chi connectivity index (χ0) is 18.5. The average molecular weight is 348 g/mol.